The highest BCUT2D eigenvalue weighted by atomic mass is 16.2. The van der Waals surface area contributed by atoms with Gasteiger partial charge in [-0.3, -0.25) is 14.6 Å². The summed E-state index contributed by atoms with van der Waals surface area (Å²) in [6, 6.07) is 20.5. The fourth-order valence-corrected chi connectivity index (χ4v) is 5.02. The van der Waals surface area contributed by atoms with Crippen LogP contribution in [0.2, 0.25) is 0 Å². The van der Waals surface area contributed by atoms with Gasteiger partial charge in [-0.2, -0.15) is 10.2 Å². The van der Waals surface area contributed by atoms with Crippen LogP contribution in [-0.4, -0.2) is 43.9 Å². The van der Waals surface area contributed by atoms with Crippen LogP contribution in [0.3, 0.4) is 0 Å². The van der Waals surface area contributed by atoms with Crippen LogP contribution in [0, 0.1) is 13.8 Å². The molecule has 174 valence electrons. The monoisotopic (exact) mass is 453 g/mol. The minimum absolute atomic E-state index is 0.101. The fraction of sp³-hybridized carbons (Fsp3) is 0.321. The molecule has 0 spiro atoms. The van der Waals surface area contributed by atoms with Crippen LogP contribution < -0.4 is 0 Å². The van der Waals surface area contributed by atoms with Crippen molar-refractivity contribution < 1.29 is 4.79 Å². The Kier molecular flexibility index (Phi) is 6.30. The number of carbonyl (C=O) groups is 1. The van der Waals surface area contributed by atoms with Crippen molar-refractivity contribution in [3.63, 3.8) is 0 Å². The number of benzene rings is 2. The van der Waals surface area contributed by atoms with Gasteiger partial charge in [0.15, 0.2) is 0 Å². The van der Waals surface area contributed by atoms with Crippen LogP contribution in [0.15, 0.2) is 66.9 Å². The van der Waals surface area contributed by atoms with Gasteiger partial charge in [0.1, 0.15) is 0 Å². The topological polar surface area (TPSA) is 66.8 Å². The number of hydrogen-bond donors (Lipinski definition) is 1. The zero-order chi connectivity index (χ0) is 23.5. The van der Waals surface area contributed by atoms with Crippen molar-refractivity contribution in [1.29, 1.82) is 0 Å². The van der Waals surface area contributed by atoms with Crippen LogP contribution in [0.25, 0.3) is 0 Å². The van der Waals surface area contributed by atoms with E-state index in [1.54, 1.807) is 0 Å². The van der Waals surface area contributed by atoms with Gasteiger partial charge in [0.25, 0.3) is 5.91 Å². The van der Waals surface area contributed by atoms with Crippen LogP contribution in [0.5, 0.6) is 0 Å². The molecule has 0 radical (unpaired) electrons. The summed E-state index contributed by atoms with van der Waals surface area (Å²) in [4.78, 5) is 15.4. The second-order valence-electron chi connectivity index (χ2n) is 9.35. The number of amides is 1. The molecule has 1 aliphatic heterocycles. The van der Waals surface area contributed by atoms with Crippen molar-refractivity contribution in [3.05, 3.63) is 106 Å². The van der Waals surface area contributed by atoms with Crippen molar-refractivity contribution in [1.82, 2.24) is 24.9 Å². The van der Waals surface area contributed by atoms with Gasteiger partial charge in [-0.25, -0.2) is 0 Å². The lowest BCUT2D eigenvalue weighted by atomic mass is 9.90. The van der Waals surface area contributed by atoms with E-state index < -0.39 is 0 Å². The van der Waals surface area contributed by atoms with E-state index in [1.165, 1.54) is 16.8 Å². The van der Waals surface area contributed by atoms with Crippen molar-refractivity contribution in [2.45, 2.75) is 45.6 Å². The minimum Gasteiger partial charge on any atom is -0.338 e. The third-order valence-electron chi connectivity index (χ3n) is 6.72. The summed E-state index contributed by atoms with van der Waals surface area (Å²) in [6.45, 7) is 6.23. The van der Waals surface area contributed by atoms with Crippen molar-refractivity contribution >= 4 is 5.91 Å². The van der Waals surface area contributed by atoms with E-state index in [9.17, 15) is 4.79 Å². The molecule has 1 N–H and O–H groups in total. The lowest BCUT2D eigenvalue weighted by Gasteiger charge is -2.33. The summed E-state index contributed by atoms with van der Waals surface area (Å²) < 4.78 is 1.99. The highest BCUT2D eigenvalue weighted by Crippen LogP contribution is 2.30. The average Bonchev–Trinajstić information content (AvgIpc) is 3.44. The quantitative estimate of drug-likeness (QED) is 0.452. The number of aryl methyl sites for hydroxylation is 2. The first-order valence-corrected chi connectivity index (χ1v) is 12.0. The van der Waals surface area contributed by atoms with Crippen LogP contribution in [-0.2, 0) is 13.0 Å². The molecule has 0 unspecified atom stereocenters. The van der Waals surface area contributed by atoms with E-state index in [4.69, 9.17) is 0 Å². The predicted octanol–water partition coefficient (Wildman–Crippen LogP) is 4.88. The Hall–Kier alpha value is -3.67. The van der Waals surface area contributed by atoms with E-state index in [2.05, 4.69) is 58.6 Å². The molecule has 0 aliphatic carbocycles. The molecular weight excluding hydrogens is 422 g/mol. The first-order valence-electron chi connectivity index (χ1n) is 12.0. The summed E-state index contributed by atoms with van der Waals surface area (Å²) in [7, 11) is 0. The number of nitrogens with zero attached hydrogens (tertiary/aromatic N) is 4. The third-order valence-corrected chi connectivity index (χ3v) is 6.72. The molecule has 6 nitrogen and oxygen atoms in total. The minimum atomic E-state index is 0.101. The van der Waals surface area contributed by atoms with E-state index in [0.717, 1.165) is 48.3 Å². The summed E-state index contributed by atoms with van der Waals surface area (Å²) >= 11 is 0. The number of hydrogen-bond acceptors (Lipinski definition) is 3. The zero-order valence-corrected chi connectivity index (χ0v) is 19.9. The van der Waals surface area contributed by atoms with Gasteiger partial charge in [0.05, 0.1) is 18.4 Å². The zero-order valence-electron chi connectivity index (χ0n) is 19.9. The molecule has 1 saturated heterocycles. The molecule has 1 atom stereocenters. The first-order chi connectivity index (χ1) is 16.6. The molecule has 1 fully saturated rings. The molecule has 4 aromatic rings. The summed E-state index contributed by atoms with van der Waals surface area (Å²) in [5, 5.41) is 12.1. The highest BCUT2D eigenvalue weighted by Gasteiger charge is 2.28. The van der Waals surface area contributed by atoms with E-state index >= 15 is 0 Å². The normalized spacial score (nSPS) is 16.1. The molecule has 34 heavy (non-hydrogen) atoms. The molecule has 2 aromatic heterocycles. The first kappa shape index (κ1) is 22.1. The smallest absolute Gasteiger partial charge is 0.253 e. The predicted molar refractivity (Wildman–Crippen MR) is 133 cm³/mol. The number of aromatic amines is 1. The molecule has 6 heteroatoms. The number of piperidine rings is 1. The van der Waals surface area contributed by atoms with Crippen molar-refractivity contribution in [2.75, 3.05) is 13.1 Å². The lowest BCUT2D eigenvalue weighted by Crippen LogP contribution is -2.39. The Balaban J connectivity index is 1.30. The average molecular weight is 454 g/mol. The second-order valence-corrected chi connectivity index (χ2v) is 9.35. The number of carbonyl (C=O) groups excluding carboxylic acids is 1. The van der Waals surface area contributed by atoms with Crippen LogP contribution in [0.1, 0.15) is 62.9 Å². The van der Waals surface area contributed by atoms with Gasteiger partial charge in [0.2, 0.25) is 0 Å². The molecule has 1 amide bonds. The summed E-state index contributed by atoms with van der Waals surface area (Å²) in [5.74, 6) is 0.376. The SMILES string of the molecule is Cc1cc(C)n(Cc2cccc(C(=O)N3CCC[C@H](c4[nH]ncc4Cc4ccccc4)C3)c2)n1. The Labute approximate surface area is 200 Å². The molecule has 0 saturated carbocycles. The third kappa shape index (κ3) is 4.81. The lowest BCUT2D eigenvalue weighted by molar-refractivity contribution is 0.0705. The van der Waals surface area contributed by atoms with E-state index in [-0.39, 0.29) is 11.8 Å². The number of aromatic nitrogens is 4. The molecule has 1 aliphatic rings. The fourth-order valence-electron chi connectivity index (χ4n) is 5.02. The van der Waals surface area contributed by atoms with Crippen LogP contribution in [0.4, 0.5) is 0 Å². The maximum absolute atomic E-state index is 13.4. The van der Waals surface area contributed by atoms with Gasteiger partial charge in [0, 0.05) is 42.4 Å². The largest absolute Gasteiger partial charge is 0.338 e. The Morgan fingerprint density at radius 1 is 1.06 bits per heavy atom. The summed E-state index contributed by atoms with van der Waals surface area (Å²) in [5.41, 5.74) is 7.62. The highest BCUT2D eigenvalue weighted by molar-refractivity contribution is 5.94. The van der Waals surface area contributed by atoms with Gasteiger partial charge in [-0.15, -0.1) is 0 Å². The Bertz CT molecular complexity index is 1270. The maximum Gasteiger partial charge on any atom is 0.253 e. The van der Waals surface area contributed by atoms with Crippen molar-refractivity contribution in [3.8, 4) is 0 Å². The molecular formula is C28H31N5O. The molecule has 3 heterocycles. The van der Waals surface area contributed by atoms with Gasteiger partial charge in [-0.1, -0.05) is 42.5 Å². The van der Waals surface area contributed by atoms with Gasteiger partial charge in [-0.05, 0) is 61.6 Å². The summed E-state index contributed by atoms with van der Waals surface area (Å²) in [6.07, 6.45) is 4.84. The van der Waals surface area contributed by atoms with Crippen molar-refractivity contribution in [2.24, 2.45) is 0 Å². The van der Waals surface area contributed by atoms with Gasteiger partial charge < -0.3 is 4.90 Å². The Morgan fingerprint density at radius 2 is 1.88 bits per heavy atom. The number of nitrogens with one attached hydrogen (secondary N) is 1. The maximum atomic E-state index is 13.4. The second kappa shape index (κ2) is 9.67. The molecule has 2 aromatic carbocycles. The number of likely N-dealkylation sites (tertiary alicyclic amines) is 1. The van der Waals surface area contributed by atoms with E-state index in [0.29, 0.717) is 13.1 Å². The van der Waals surface area contributed by atoms with Gasteiger partial charge >= 0.3 is 0 Å². The standard InChI is InChI=1S/C28H31N5O/c1-20-14-21(2)33(31-20)18-23-10-6-11-24(16-23)28(34)32-13-7-12-25(19-32)27-26(17-29-30-27)15-22-8-4-3-5-9-22/h3-6,8-11,14,16-17,25H,7,12-13,15,18-19H2,1-2H3,(H,29,30)/t25-/m0/s1. The number of rotatable bonds is 6. The molecule has 0 bridgehead atoms. The van der Waals surface area contributed by atoms with Crippen LogP contribution >= 0.6 is 0 Å². The van der Waals surface area contributed by atoms with E-state index in [1.807, 2.05) is 47.0 Å². The number of H-pyrrole nitrogens is 1. The Morgan fingerprint density at radius 3 is 2.68 bits per heavy atom. The molecule has 5 rings (SSSR count).